The molecule has 0 radical (unpaired) electrons. The number of para-hydroxylation sites is 2. The first-order valence-corrected chi connectivity index (χ1v) is 10.0. The number of carbonyl (C=O) groups excluding carboxylic acids is 1. The quantitative estimate of drug-likeness (QED) is 0.894. The number of aryl methyl sites for hydroxylation is 1. The molecule has 1 aliphatic rings. The first-order valence-electron chi connectivity index (χ1n) is 8.56. The van der Waals surface area contributed by atoms with Crippen LogP contribution in [0.15, 0.2) is 53.4 Å². The zero-order valence-corrected chi connectivity index (χ0v) is 15.8. The fourth-order valence-corrected chi connectivity index (χ4v) is 4.09. The van der Waals surface area contributed by atoms with Gasteiger partial charge in [0.25, 0.3) is 10.0 Å². The Kier molecular flexibility index (Phi) is 5.18. The molecule has 0 spiro atoms. The van der Waals surface area contributed by atoms with Crippen LogP contribution in [-0.2, 0) is 14.8 Å². The Labute approximate surface area is 154 Å². The van der Waals surface area contributed by atoms with Crippen LogP contribution in [-0.4, -0.2) is 45.4 Å². The van der Waals surface area contributed by atoms with E-state index in [9.17, 15) is 13.2 Å². The van der Waals surface area contributed by atoms with Gasteiger partial charge in [-0.1, -0.05) is 29.8 Å². The molecule has 138 valence electrons. The van der Waals surface area contributed by atoms with Crippen molar-refractivity contribution in [1.82, 2.24) is 4.90 Å². The minimum absolute atomic E-state index is 0.0676. The van der Waals surface area contributed by atoms with Gasteiger partial charge in [0.1, 0.15) is 0 Å². The molecule has 26 heavy (non-hydrogen) atoms. The van der Waals surface area contributed by atoms with Crippen molar-refractivity contribution < 1.29 is 13.2 Å². The third-order valence-corrected chi connectivity index (χ3v) is 5.93. The van der Waals surface area contributed by atoms with Crippen LogP contribution in [0.25, 0.3) is 0 Å². The Balaban J connectivity index is 1.82. The minimum Gasteiger partial charge on any atom is -0.366 e. The van der Waals surface area contributed by atoms with Crippen molar-refractivity contribution in [3.05, 3.63) is 54.1 Å². The van der Waals surface area contributed by atoms with E-state index >= 15 is 0 Å². The molecule has 0 atom stereocenters. The van der Waals surface area contributed by atoms with Gasteiger partial charge in [0, 0.05) is 33.1 Å². The summed E-state index contributed by atoms with van der Waals surface area (Å²) in [6, 6.07) is 14.1. The van der Waals surface area contributed by atoms with Crippen molar-refractivity contribution in [2.75, 3.05) is 35.8 Å². The van der Waals surface area contributed by atoms with Crippen molar-refractivity contribution in [3.8, 4) is 0 Å². The van der Waals surface area contributed by atoms with Crippen LogP contribution in [0.3, 0.4) is 0 Å². The highest BCUT2D eigenvalue weighted by Crippen LogP contribution is 2.29. The van der Waals surface area contributed by atoms with Gasteiger partial charge in [-0.15, -0.1) is 0 Å². The molecule has 1 N–H and O–H groups in total. The molecule has 0 aliphatic carbocycles. The number of amides is 1. The Hall–Kier alpha value is -2.54. The number of piperazine rings is 1. The molecule has 1 saturated heterocycles. The molecule has 1 heterocycles. The Bertz CT molecular complexity index is 887. The van der Waals surface area contributed by atoms with Gasteiger partial charge < -0.3 is 9.80 Å². The van der Waals surface area contributed by atoms with E-state index in [0.717, 1.165) is 11.3 Å². The van der Waals surface area contributed by atoms with Crippen molar-refractivity contribution in [3.63, 3.8) is 0 Å². The van der Waals surface area contributed by atoms with E-state index in [2.05, 4.69) is 9.62 Å². The zero-order valence-electron chi connectivity index (χ0n) is 15.0. The summed E-state index contributed by atoms with van der Waals surface area (Å²) >= 11 is 0. The van der Waals surface area contributed by atoms with E-state index in [1.165, 1.54) is 0 Å². The van der Waals surface area contributed by atoms with Gasteiger partial charge in [-0.05, 0) is 31.2 Å². The molecule has 0 unspecified atom stereocenters. The zero-order chi connectivity index (χ0) is 18.7. The normalized spacial score (nSPS) is 15.0. The molecular formula is C19H23N3O3S. The van der Waals surface area contributed by atoms with Crippen LogP contribution < -0.4 is 9.62 Å². The average molecular weight is 373 g/mol. The molecule has 1 amide bonds. The largest absolute Gasteiger partial charge is 0.366 e. The summed E-state index contributed by atoms with van der Waals surface area (Å²) in [4.78, 5) is 15.6. The third-order valence-electron chi connectivity index (χ3n) is 4.55. The maximum Gasteiger partial charge on any atom is 0.261 e. The number of hydrogen-bond donors (Lipinski definition) is 1. The molecule has 1 aliphatic heterocycles. The summed E-state index contributed by atoms with van der Waals surface area (Å²) in [5.41, 5.74) is 2.38. The second-order valence-electron chi connectivity index (χ2n) is 6.43. The lowest BCUT2D eigenvalue weighted by Crippen LogP contribution is -2.48. The van der Waals surface area contributed by atoms with Crippen molar-refractivity contribution >= 4 is 27.3 Å². The Morgan fingerprint density at radius 3 is 2.19 bits per heavy atom. The molecule has 0 bridgehead atoms. The predicted octanol–water partition coefficient (Wildman–Crippen LogP) is 2.46. The molecule has 6 nitrogen and oxygen atoms in total. The Morgan fingerprint density at radius 1 is 0.962 bits per heavy atom. The van der Waals surface area contributed by atoms with E-state index in [4.69, 9.17) is 0 Å². The van der Waals surface area contributed by atoms with Crippen molar-refractivity contribution in [2.45, 2.75) is 18.7 Å². The fraction of sp³-hybridized carbons (Fsp3) is 0.316. The molecule has 3 rings (SSSR count). The highest BCUT2D eigenvalue weighted by molar-refractivity contribution is 7.92. The van der Waals surface area contributed by atoms with Gasteiger partial charge in [0.15, 0.2) is 0 Å². The van der Waals surface area contributed by atoms with E-state index in [1.807, 2.05) is 25.1 Å². The summed E-state index contributed by atoms with van der Waals surface area (Å²) in [6.45, 7) is 6.09. The number of carbonyl (C=O) groups is 1. The second-order valence-corrected chi connectivity index (χ2v) is 8.11. The number of anilines is 2. The van der Waals surface area contributed by atoms with Crippen LogP contribution in [0, 0.1) is 6.92 Å². The molecule has 0 aromatic heterocycles. The Morgan fingerprint density at radius 2 is 1.58 bits per heavy atom. The fourth-order valence-electron chi connectivity index (χ4n) is 3.02. The molecule has 0 saturated carbocycles. The van der Waals surface area contributed by atoms with Crippen LogP contribution in [0.1, 0.15) is 12.5 Å². The number of nitrogens with one attached hydrogen (secondary N) is 1. The van der Waals surface area contributed by atoms with Crippen LogP contribution >= 0.6 is 0 Å². The minimum atomic E-state index is -3.66. The van der Waals surface area contributed by atoms with Crippen molar-refractivity contribution in [1.29, 1.82) is 0 Å². The van der Waals surface area contributed by atoms with Crippen LogP contribution in [0.4, 0.5) is 11.4 Å². The lowest BCUT2D eigenvalue weighted by Gasteiger charge is -2.36. The third kappa shape index (κ3) is 3.99. The smallest absolute Gasteiger partial charge is 0.261 e. The van der Waals surface area contributed by atoms with E-state index in [0.29, 0.717) is 31.9 Å². The first-order chi connectivity index (χ1) is 12.4. The van der Waals surface area contributed by atoms with Gasteiger partial charge in [-0.2, -0.15) is 0 Å². The van der Waals surface area contributed by atoms with E-state index in [1.54, 1.807) is 42.2 Å². The van der Waals surface area contributed by atoms with E-state index < -0.39 is 10.0 Å². The average Bonchev–Trinajstić information content (AvgIpc) is 2.62. The summed E-state index contributed by atoms with van der Waals surface area (Å²) in [6.07, 6.45) is 0. The second kappa shape index (κ2) is 7.37. The molecular weight excluding hydrogens is 350 g/mol. The number of sulfonamides is 1. The number of rotatable bonds is 4. The maximum atomic E-state index is 12.7. The SMILES string of the molecule is CC(=O)N1CCN(c2ccccc2NS(=O)(=O)c2ccc(C)cc2)CC1. The first kappa shape index (κ1) is 18.3. The maximum absolute atomic E-state index is 12.7. The molecule has 2 aromatic rings. The highest BCUT2D eigenvalue weighted by Gasteiger charge is 2.22. The van der Waals surface area contributed by atoms with E-state index in [-0.39, 0.29) is 10.8 Å². The molecule has 1 fully saturated rings. The van der Waals surface area contributed by atoms with Crippen molar-refractivity contribution in [2.24, 2.45) is 0 Å². The highest BCUT2D eigenvalue weighted by atomic mass is 32.2. The summed E-state index contributed by atoms with van der Waals surface area (Å²) < 4.78 is 28.1. The lowest BCUT2D eigenvalue weighted by atomic mass is 10.2. The molecule has 7 heteroatoms. The summed E-state index contributed by atoms with van der Waals surface area (Å²) in [5.74, 6) is 0.0676. The summed E-state index contributed by atoms with van der Waals surface area (Å²) in [7, 11) is -3.66. The van der Waals surface area contributed by atoms with Gasteiger partial charge in [0.05, 0.1) is 16.3 Å². The number of hydrogen-bond acceptors (Lipinski definition) is 4. The standard InChI is InChI=1S/C19H23N3O3S/c1-15-7-9-17(10-8-15)26(24,25)20-18-5-3-4-6-19(18)22-13-11-21(12-14-22)16(2)23/h3-10,20H,11-14H2,1-2H3. The van der Waals surface area contributed by atoms with Gasteiger partial charge in [-0.3, -0.25) is 9.52 Å². The predicted molar refractivity (Wildman–Crippen MR) is 103 cm³/mol. The lowest BCUT2D eigenvalue weighted by molar-refractivity contribution is -0.129. The van der Waals surface area contributed by atoms with Gasteiger partial charge in [-0.25, -0.2) is 8.42 Å². The van der Waals surface area contributed by atoms with Gasteiger partial charge in [0.2, 0.25) is 5.91 Å². The number of nitrogens with zero attached hydrogens (tertiary/aromatic N) is 2. The summed E-state index contributed by atoms with van der Waals surface area (Å²) in [5, 5.41) is 0. The van der Waals surface area contributed by atoms with Gasteiger partial charge >= 0.3 is 0 Å². The number of benzene rings is 2. The van der Waals surface area contributed by atoms with Crippen LogP contribution in [0.5, 0.6) is 0 Å². The van der Waals surface area contributed by atoms with Crippen LogP contribution in [0.2, 0.25) is 0 Å². The molecule has 2 aromatic carbocycles. The monoisotopic (exact) mass is 373 g/mol. The topological polar surface area (TPSA) is 69.7 Å².